The van der Waals surface area contributed by atoms with Gasteiger partial charge in [-0.25, -0.2) is 9.86 Å². The third-order valence-electron chi connectivity index (χ3n) is 1.56. The summed E-state index contributed by atoms with van der Waals surface area (Å²) in [6.45, 7) is 6.29. The van der Waals surface area contributed by atoms with E-state index in [0.29, 0.717) is 5.06 Å². The van der Waals surface area contributed by atoms with Gasteiger partial charge in [0.15, 0.2) is 6.04 Å². The molecule has 0 saturated heterocycles. The van der Waals surface area contributed by atoms with Crippen LogP contribution in [0.4, 0.5) is 0 Å². The average molecular weight is 231 g/mol. The van der Waals surface area contributed by atoms with Crippen LogP contribution in [0.2, 0.25) is 0 Å². The van der Waals surface area contributed by atoms with Gasteiger partial charge in [0.25, 0.3) is 0 Å². The number of carbonyl (C=O) groups is 3. The Kier molecular flexibility index (Phi) is 5.10. The molecular formula is C10H17NO5. The van der Waals surface area contributed by atoms with E-state index in [9.17, 15) is 14.4 Å². The van der Waals surface area contributed by atoms with E-state index in [1.54, 1.807) is 20.8 Å². The van der Waals surface area contributed by atoms with Gasteiger partial charge in [-0.2, -0.15) is 0 Å². The number of hydroxylamine groups is 2. The van der Waals surface area contributed by atoms with Gasteiger partial charge in [-0.15, -0.1) is 0 Å². The molecule has 0 aliphatic rings. The maximum absolute atomic E-state index is 10.9. The molecule has 0 radical (unpaired) electrons. The van der Waals surface area contributed by atoms with E-state index in [1.165, 1.54) is 6.92 Å². The van der Waals surface area contributed by atoms with Gasteiger partial charge in [0.2, 0.25) is 6.41 Å². The number of Topliss-reactive ketones (excluding diaryl/α,β-unsaturated/α-hetero) is 1. The number of nitrogens with zero attached hydrogens (tertiary/aromatic N) is 1. The smallest absolute Gasteiger partial charge is 0.329 e. The predicted molar refractivity (Wildman–Crippen MR) is 55.5 cm³/mol. The fraction of sp³-hybridized carbons (Fsp3) is 0.700. The van der Waals surface area contributed by atoms with E-state index < -0.39 is 17.6 Å². The number of carboxylic acid groups (broad SMARTS) is 1. The van der Waals surface area contributed by atoms with Gasteiger partial charge in [0.05, 0.1) is 5.60 Å². The minimum absolute atomic E-state index is 0.271. The largest absolute Gasteiger partial charge is 0.480 e. The molecule has 1 atom stereocenters. The summed E-state index contributed by atoms with van der Waals surface area (Å²) in [7, 11) is 0. The third-order valence-corrected chi connectivity index (χ3v) is 1.56. The van der Waals surface area contributed by atoms with Crippen molar-refractivity contribution in [1.29, 1.82) is 0 Å². The number of hydrogen-bond donors (Lipinski definition) is 1. The second kappa shape index (κ2) is 5.60. The number of rotatable bonds is 6. The molecular weight excluding hydrogens is 214 g/mol. The Balaban J connectivity index is 4.78. The van der Waals surface area contributed by atoms with Crippen LogP contribution in [0.3, 0.4) is 0 Å². The molecule has 0 bridgehead atoms. The van der Waals surface area contributed by atoms with Crippen molar-refractivity contribution in [2.75, 3.05) is 0 Å². The molecule has 0 aromatic rings. The lowest BCUT2D eigenvalue weighted by Gasteiger charge is -2.30. The van der Waals surface area contributed by atoms with Gasteiger partial charge >= 0.3 is 5.97 Å². The van der Waals surface area contributed by atoms with Crippen LogP contribution in [0.1, 0.15) is 34.1 Å². The Hall–Kier alpha value is -1.43. The summed E-state index contributed by atoms with van der Waals surface area (Å²) in [5.41, 5.74) is -0.703. The Bertz CT molecular complexity index is 281. The maximum Gasteiger partial charge on any atom is 0.329 e. The molecule has 0 aliphatic heterocycles. The maximum atomic E-state index is 10.9. The van der Waals surface area contributed by atoms with Crippen molar-refractivity contribution in [3.05, 3.63) is 0 Å². The monoisotopic (exact) mass is 231 g/mol. The first-order valence-electron chi connectivity index (χ1n) is 4.82. The highest BCUT2D eigenvalue weighted by atomic mass is 16.7. The standard InChI is InChI=1S/C10H17NO5/c1-7(13)5-8(9(14)15)11(6-12)16-10(2,3)4/h6,8H,5H2,1-4H3,(H,14,15). The number of carbonyl (C=O) groups excluding carboxylic acids is 2. The van der Waals surface area contributed by atoms with Gasteiger partial charge in [-0.1, -0.05) is 0 Å². The molecule has 0 aromatic carbocycles. The zero-order valence-electron chi connectivity index (χ0n) is 9.89. The summed E-state index contributed by atoms with van der Waals surface area (Å²) in [5, 5.41) is 9.56. The van der Waals surface area contributed by atoms with E-state index in [4.69, 9.17) is 9.94 Å². The van der Waals surface area contributed by atoms with Crippen LogP contribution in [-0.2, 0) is 19.2 Å². The van der Waals surface area contributed by atoms with Crippen LogP contribution < -0.4 is 0 Å². The second-order valence-electron chi connectivity index (χ2n) is 4.43. The van der Waals surface area contributed by atoms with E-state index >= 15 is 0 Å². The lowest BCUT2D eigenvalue weighted by molar-refractivity contribution is -0.234. The van der Waals surface area contributed by atoms with Crippen molar-refractivity contribution >= 4 is 18.2 Å². The molecule has 0 fully saturated rings. The molecule has 0 heterocycles. The molecule has 0 aliphatic carbocycles. The molecule has 6 heteroatoms. The van der Waals surface area contributed by atoms with Gasteiger partial charge in [0, 0.05) is 6.42 Å². The summed E-state index contributed by atoms with van der Waals surface area (Å²) in [5.74, 6) is -1.59. The van der Waals surface area contributed by atoms with Crippen LogP contribution in [0.25, 0.3) is 0 Å². The summed E-state index contributed by atoms with van der Waals surface area (Å²) in [6.07, 6.45) is -0.00285. The fourth-order valence-electron chi connectivity index (χ4n) is 1.03. The van der Waals surface area contributed by atoms with E-state index in [1.807, 2.05) is 0 Å². The van der Waals surface area contributed by atoms with Crippen molar-refractivity contribution in [3.63, 3.8) is 0 Å². The van der Waals surface area contributed by atoms with Gasteiger partial charge in [-0.3, -0.25) is 14.4 Å². The topological polar surface area (TPSA) is 83.9 Å². The van der Waals surface area contributed by atoms with Crippen molar-refractivity contribution < 1.29 is 24.3 Å². The minimum Gasteiger partial charge on any atom is -0.480 e. The number of ketones is 1. The van der Waals surface area contributed by atoms with E-state index in [0.717, 1.165) is 0 Å². The molecule has 0 spiro atoms. The SMILES string of the molecule is CC(=O)CC(C(=O)O)N(C=O)OC(C)(C)C. The Morgan fingerprint density at radius 3 is 2.19 bits per heavy atom. The number of hydrogen-bond acceptors (Lipinski definition) is 4. The van der Waals surface area contributed by atoms with Crippen LogP contribution in [0.5, 0.6) is 0 Å². The Labute approximate surface area is 94.1 Å². The number of aliphatic carboxylic acids is 1. The lowest BCUT2D eigenvalue weighted by atomic mass is 10.1. The van der Waals surface area contributed by atoms with Crippen molar-refractivity contribution in [3.8, 4) is 0 Å². The molecule has 0 saturated carbocycles. The quantitative estimate of drug-likeness (QED) is 0.534. The fourth-order valence-corrected chi connectivity index (χ4v) is 1.03. The minimum atomic E-state index is -1.28. The lowest BCUT2D eigenvalue weighted by Crippen LogP contribution is -2.45. The molecule has 0 rings (SSSR count). The molecule has 1 N–H and O–H groups in total. The highest BCUT2D eigenvalue weighted by Gasteiger charge is 2.30. The van der Waals surface area contributed by atoms with Crippen molar-refractivity contribution in [2.45, 2.75) is 45.8 Å². The predicted octanol–water partition coefficient (Wildman–Crippen LogP) is 0.607. The van der Waals surface area contributed by atoms with Crippen LogP contribution in [0, 0.1) is 0 Å². The first-order chi connectivity index (χ1) is 7.17. The normalized spacial score (nSPS) is 13.0. The van der Waals surface area contributed by atoms with Crippen LogP contribution in [-0.4, -0.2) is 40.0 Å². The summed E-state index contributed by atoms with van der Waals surface area (Å²) < 4.78 is 0. The molecule has 92 valence electrons. The second-order valence-corrected chi connectivity index (χ2v) is 4.43. The summed E-state index contributed by atoms with van der Waals surface area (Å²) in [6, 6.07) is -1.28. The van der Waals surface area contributed by atoms with Gasteiger partial charge in [-0.05, 0) is 27.7 Å². The van der Waals surface area contributed by atoms with Crippen molar-refractivity contribution in [2.24, 2.45) is 0 Å². The highest BCUT2D eigenvalue weighted by Crippen LogP contribution is 2.13. The molecule has 16 heavy (non-hydrogen) atoms. The summed E-state index contributed by atoms with van der Waals surface area (Å²) >= 11 is 0. The Morgan fingerprint density at radius 2 is 1.94 bits per heavy atom. The number of carboxylic acids is 1. The zero-order valence-corrected chi connectivity index (χ0v) is 9.89. The Morgan fingerprint density at radius 1 is 1.44 bits per heavy atom. The van der Waals surface area contributed by atoms with Crippen molar-refractivity contribution in [1.82, 2.24) is 5.06 Å². The summed E-state index contributed by atoms with van der Waals surface area (Å²) in [4.78, 5) is 37.7. The van der Waals surface area contributed by atoms with E-state index in [2.05, 4.69) is 0 Å². The van der Waals surface area contributed by atoms with Crippen LogP contribution in [0.15, 0.2) is 0 Å². The molecule has 1 unspecified atom stereocenters. The van der Waals surface area contributed by atoms with Crippen LogP contribution >= 0.6 is 0 Å². The first kappa shape index (κ1) is 14.6. The highest BCUT2D eigenvalue weighted by molar-refractivity contribution is 5.85. The van der Waals surface area contributed by atoms with Gasteiger partial charge in [0.1, 0.15) is 5.78 Å². The molecule has 1 amide bonds. The van der Waals surface area contributed by atoms with E-state index in [-0.39, 0.29) is 18.6 Å². The third kappa shape index (κ3) is 5.45. The zero-order chi connectivity index (χ0) is 12.9. The average Bonchev–Trinajstić information content (AvgIpc) is 2.08. The molecule has 6 nitrogen and oxygen atoms in total. The number of amides is 1. The molecule has 0 aromatic heterocycles. The van der Waals surface area contributed by atoms with Gasteiger partial charge < -0.3 is 5.11 Å². The first-order valence-corrected chi connectivity index (χ1v) is 4.82.